The van der Waals surface area contributed by atoms with Gasteiger partial charge in [0.05, 0.1) is 11.8 Å². The maximum absolute atomic E-state index is 12.1. The first-order chi connectivity index (χ1) is 7.65. The largest absolute Gasteiger partial charge is 0.481 e. The van der Waals surface area contributed by atoms with Crippen molar-refractivity contribution >= 4 is 11.9 Å². The minimum absolute atomic E-state index is 0.105. The Bertz CT molecular complexity index is 338. The monoisotopic (exact) mass is 224 g/mol. The molecule has 3 rings (SSSR count). The molecule has 3 saturated heterocycles. The molecule has 1 amide bonds. The summed E-state index contributed by atoms with van der Waals surface area (Å²) in [6.45, 7) is 0.810. The number of carbonyl (C=O) groups is 2. The Hall–Kier alpha value is -1.10. The fourth-order valence-electron chi connectivity index (χ4n) is 3.15. The number of nitrogens with zero attached hydrogens (tertiary/aromatic N) is 1. The van der Waals surface area contributed by atoms with Crippen molar-refractivity contribution in [1.82, 2.24) is 10.2 Å². The van der Waals surface area contributed by atoms with Crippen molar-refractivity contribution in [2.45, 2.75) is 31.3 Å². The predicted molar refractivity (Wildman–Crippen MR) is 55.8 cm³/mol. The number of hydrogen-bond acceptors (Lipinski definition) is 3. The van der Waals surface area contributed by atoms with Gasteiger partial charge in [0, 0.05) is 25.2 Å². The normalized spacial score (nSPS) is 37.5. The molecular weight excluding hydrogens is 208 g/mol. The van der Waals surface area contributed by atoms with E-state index in [4.69, 9.17) is 5.11 Å². The van der Waals surface area contributed by atoms with Crippen molar-refractivity contribution in [3.63, 3.8) is 0 Å². The molecular formula is C11H16N2O3. The molecule has 3 unspecified atom stereocenters. The minimum Gasteiger partial charge on any atom is -0.481 e. The molecule has 3 fully saturated rings. The second-order valence-corrected chi connectivity index (χ2v) is 5.17. The van der Waals surface area contributed by atoms with Gasteiger partial charge in [0.25, 0.3) is 0 Å². The third kappa shape index (κ3) is 1.42. The number of carboxylic acids is 1. The summed E-state index contributed by atoms with van der Waals surface area (Å²) in [6.07, 6.45) is 3.22. The van der Waals surface area contributed by atoms with E-state index in [-0.39, 0.29) is 17.7 Å². The highest BCUT2D eigenvalue weighted by Gasteiger charge is 2.46. The number of aliphatic carboxylic acids is 1. The van der Waals surface area contributed by atoms with E-state index in [0.717, 1.165) is 12.8 Å². The molecule has 3 heterocycles. The van der Waals surface area contributed by atoms with E-state index in [1.807, 2.05) is 0 Å². The summed E-state index contributed by atoms with van der Waals surface area (Å²) in [6, 6.07) is 0.872. The van der Waals surface area contributed by atoms with Crippen LogP contribution in [0.25, 0.3) is 0 Å². The number of carbonyl (C=O) groups excluding carboxylic acids is 1. The van der Waals surface area contributed by atoms with Crippen LogP contribution in [0.4, 0.5) is 0 Å². The molecule has 3 aliphatic rings. The van der Waals surface area contributed by atoms with Crippen molar-refractivity contribution in [3.8, 4) is 0 Å². The van der Waals surface area contributed by atoms with Crippen LogP contribution in [0.5, 0.6) is 0 Å². The van der Waals surface area contributed by atoms with Gasteiger partial charge in [-0.1, -0.05) is 0 Å². The van der Waals surface area contributed by atoms with Crippen molar-refractivity contribution in [1.29, 1.82) is 0 Å². The lowest BCUT2D eigenvalue weighted by Crippen LogP contribution is -2.55. The maximum Gasteiger partial charge on any atom is 0.310 e. The van der Waals surface area contributed by atoms with Crippen LogP contribution in [0.15, 0.2) is 0 Å². The highest BCUT2D eigenvalue weighted by Crippen LogP contribution is 2.35. The second-order valence-electron chi connectivity index (χ2n) is 5.17. The summed E-state index contributed by atoms with van der Waals surface area (Å²) >= 11 is 0. The third-order valence-corrected chi connectivity index (χ3v) is 4.16. The lowest BCUT2D eigenvalue weighted by molar-refractivity contribution is -0.154. The zero-order valence-corrected chi connectivity index (χ0v) is 9.06. The smallest absolute Gasteiger partial charge is 0.310 e. The van der Waals surface area contributed by atoms with E-state index in [1.54, 1.807) is 4.90 Å². The number of fused-ring (bicyclic) bond motifs is 2. The van der Waals surface area contributed by atoms with Crippen molar-refractivity contribution < 1.29 is 14.7 Å². The zero-order valence-electron chi connectivity index (χ0n) is 9.06. The van der Waals surface area contributed by atoms with Crippen molar-refractivity contribution in [3.05, 3.63) is 0 Å². The minimum atomic E-state index is -0.782. The molecule has 16 heavy (non-hydrogen) atoms. The van der Waals surface area contributed by atoms with E-state index in [9.17, 15) is 9.59 Å². The first kappa shape index (κ1) is 10.1. The first-order valence-electron chi connectivity index (χ1n) is 5.93. The summed E-state index contributed by atoms with van der Waals surface area (Å²) in [5.41, 5.74) is 0. The number of likely N-dealkylation sites (tertiary alicyclic amines) is 1. The van der Waals surface area contributed by atoms with Gasteiger partial charge in [-0.2, -0.15) is 0 Å². The van der Waals surface area contributed by atoms with E-state index in [0.29, 0.717) is 25.2 Å². The summed E-state index contributed by atoms with van der Waals surface area (Å²) in [5.74, 6) is -0.851. The van der Waals surface area contributed by atoms with Gasteiger partial charge in [0.2, 0.25) is 5.91 Å². The molecule has 88 valence electrons. The molecule has 5 nitrogen and oxygen atoms in total. The number of rotatable bonds is 2. The number of nitrogens with one attached hydrogen (secondary N) is 1. The predicted octanol–water partition coefficient (Wildman–Crippen LogP) is -0.330. The van der Waals surface area contributed by atoms with Gasteiger partial charge in [-0.25, -0.2) is 0 Å². The van der Waals surface area contributed by atoms with Crippen LogP contribution in [0.3, 0.4) is 0 Å². The van der Waals surface area contributed by atoms with Crippen LogP contribution in [0.2, 0.25) is 0 Å². The lowest BCUT2D eigenvalue weighted by Gasteiger charge is -2.39. The van der Waals surface area contributed by atoms with Gasteiger partial charge in [0.1, 0.15) is 0 Å². The Morgan fingerprint density at radius 3 is 2.50 bits per heavy atom. The second kappa shape index (κ2) is 3.45. The molecule has 3 aliphatic heterocycles. The van der Waals surface area contributed by atoms with E-state index < -0.39 is 5.97 Å². The van der Waals surface area contributed by atoms with Crippen LogP contribution in [-0.2, 0) is 9.59 Å². The average molecular weight is 224 g/mol. The Morgan fingerprint density at radius 2 is 2.00 bits per heavy atom. The Morgan fingerprint density at radius 1 is 1.25 bits per heavy atom. The van der Waals surface area contributed by atoms with Gasteiger partial charge in [-0.3, -0.25) is 9.59 Å². The van der Waals surface area contributed by atoms with Gasteiger partial charge in [0.15, 0.2) is 0 Å². The van der Waals surface area contributed by atoms with Crippen LogP contribution in [-0.4, -0.2) is 47.1 Å². The van der Waals surface area contributed by atoms with Gasteiger partial charge in [-0.15, -0.1) is 0 Å². The van der Waals surface area contributed by atoms with Gasteiger partial charge in [-0.05, 0) is 19.3 Å². The molecule has 0 aromatic heterocycles. The van der Waals surface area contributed by atoms with Crippen LogP contribution in [0.1, 0.15) is 19.3 Å². The quantitative estimate of drug-likeness (QED) is 0.674. The Kier molecular flexibility index (Phi) is 2.17. The maximum atomic E-state index is 12.1. The van der Waals surface area contributed by atoms with Gasteiger partial charge < -0.3 is 15.3 Å². The van der Waals surface area contributed by atoms with Crippen LogP contribution in [0, 0.1) is 11.8 Å². The van der Waals surface area contributed by atoms with E-state index in [1.165, 1.54) is 6.42 Å². The van der Waals surface area contributed by atoms with Gasteiger partial charge >= 0.3 is 5.97 Å². The topological polar surface area (TPSA) is 69.6 Å². The lowest BCUT2D eigenvalue weighted by atomic mass is 9.86. The first-order valence-corrected chi connectivity index (χ1v) is 5.93. The summed E-state index contributed by atoms with van der Waals surface area (Å²) in [7, 11) is 0. The van der Waals surface area contributed by atoms with E-state index in [2.05, 4.69) is 5.32 Å². The molecule has 2 bridgehead atoms. The van der Waals surface area contributed by atoms with Crippen LogP contribution >= 0.6 is 0 Å². The molecule has 0 radical (unpaired) electrons. The van der Waals surface area contributed by atoms with Crippen LogP contribution < -0.4 is 5.32 Å². The molecule has 0 spiro atoms. The summed E-state index contributed by atoms with van der Waals surface area (Å²) in [5, 5.41) is 12.2. The van der Waals surface area contributed by atoms with E-state index >= 15 is 0 Å². The van der Waals surface area contributed by atoms with Crippen molar-refractivity contribution in [2.75, 3.05) is 13.1 Å². The fourth-order valence-corrected chi connectivity index (χ4v) is 3.15. The standard InChI is InChI=1S/C11H16N2O3/c14-10(13-4-6(5-13)11(15)16)8-3-7-1-2-9(8)12-7/h6-9,12H,1-5H2,(H,15,16). The molecule has 0 aliphatic carbocycles. The van der Waals surface area contributed by atoms with Crippen molar-refractivity contribution in [2.24, 2.45) is 11.8 Å². The summed E-state index contributed by atoms with van der Waals surface area (Å²) in [4.78, 5) is 24.4. The fraction of sp³-hybridized carbons (Fsp3) is 0.818. The molecule has 2 N–H and O–H groups in total. The third-order valence-electron chi connectivity index (χ3n) is 4.16. The number of amides is 1. The number of carboxylic acid groups (broad SMARTS) is 1. The number of hydrogen-bond donors (Lipinski definition) is 2. The molecule has 3 atom stereocenters. The highest BCUT2D eigenvalue weighted by molar-refractivity contribution is 5.83. The molecule has 0 aromatic rings. The molecule has 0 saturated carbocycles. The molecule has 5 heteroatoms. The summed E-state index contributed by atoms with van der Waals surface area (Å²) < 4.78 is 0. The zero-order chi connectivity index (χ0) is 11.3. The highest BCUT2D eigenvalue weighted by atomic mass is 16.4. The Labute approximate surface area is 93.8 Å². The Balaban J connectivity index is 1.57. The average Bonchev–Trinajstić information content (AvgIpc) is 2.74. The molecule has 0 aromatic carbocycles. The SMILES string of the molecule is O=C(O)C1CN(C(=O)C2CC3CCC2N3)C1.